The Labute approximate surface area is 117 Å². The van der Waals surface area contributed by atoms with E-state index in [2.05, 4.69) is 5.32 Å². The summed E-state index contributed by atoms with van der Waals surface area (Å²) in [5.74, 6) is 0.376. The number of alkyl halides is 1. The van der Waals surface area contributed by atoms with E-state index in [4.69, 9.17) is 11.6 Å². The minimum Gasteiger partial charge on any atom is -0.349 e. The summed E-state index contributed by atoms with van der Waals surface area (Å²) in [6, 6.07) is 4.14. The minimum atomic E-state index is -0.479. The number of carbonyl (C=O) groups is 1. The number of amides is 1. The zero-order chi connectivity index (χ0) is 14.6. The number of nitro benzene ring substituents is 1. The molecule has 0 fully saturated rings. The molecule has 0 heterocycles. The first-order valence-electron chi connectivity index (χ1n) is 5.98. The summed E-state index contributed by atoms with van der Waals surface area (Å²) in [6.07, 6.45) is 0. The summed E-state index contributed by atoms with van der Waals surface area (Å²) in [5.41, 5.74) is 1.01. The molecule has 0 bridgehead atoms. The molecule has 19 heavy (non-hydrogen) atoms. The number of non-ortho nitro benzene ring substituents is 1. The van der Waals surface area contributed by atoms with E-state index in [1.165, 1.54) is 18.2 Å². The number of benzene rings is 1. The normalized spacial score (nSPS) is 13.7. The summed E-state index contributed by atoms with van der Waals surface area (Å²) in [6.45, 7) is 5.50. The Morgan fingerprint density at radius 2 is 2.11 bits per heavy atom. The molecule has 0 radical (unpaired) electrons. The number of hydrogen-bond donors (Lipinski definition) is 1. The molecule has 0 aromatic heterocycles. The molecule has 0 aliphatic carbocycles. The van der Waals surface area contributed by atoms with Gasteiger partial charge in [0.05, 0.1) is 4.92 Å². The van der Waals surface area contributed by atoms with E-state index in [0.717, 1.165) is 0 Å². The zero-order valence-electron chi connectivity index (χ0n) is 11.1. The molecule has 1 aromatic carbocycles. The van der Waals surface area contributed by atoms with Crippen molar-refractivity contribution in [2.45, 2.75) is 26.8 Å². The van der Waals surface area contributed by atoms with Crippen LogP contribution < -0.4 is 5.32 Å². The predicted octanol–water partition coefficient (Wildman–Crippen LogP) is 2.90. The minimum absolute atomic E-state index is 0.0174. The fourth-order valence-corrected chi connectivity index (χ4v) is 1.84. The molecular weight excluding hydrogens is 268 g/mol. The Bertz CT molecular complexity index is 491. The summed E-state index contributed by atoms with van der Waals surface area (Å²) in [4.78, 5) is 22.2. The number of nitro groups is 1. The van der Waals surface area contributed by atoms with Crippen LogP contribution in [0, 0.1) is 23.0 Å². The van der Waals surface area contributed by atoms with Crippen LogP contribution in [0.3, 0.4) is 0 Å². The lowest BCUT2D eigenvalue weighted by Crippen LogP contribution is -2.38. The molecule has 1 aromatic rings. The third-order valence-electron chi connectivity index (χ3n) is 3.12. The van der Waals surface area contributed by atoms with Crippen molar-refractivity contribution in [3.8, 4) is 0 Å². The Balaban J connectivity index is 2.86. The number of halogens is 1. The van der Waals surface area contributed by atoms with Gasteiger partial charge in [0.25, 0.3) is 11.6 Å². The molecule has 0 aliphatic rings. The molecule has 0 aliphatic heterocycles. The SMILES string of the molecule is Cc1cc([N+](=O)[O-])ccc1C(=O)NC(C)C(C)CCl. The van der Waals surface area contributed by atoms with Crippen LogP contribution in [0.1, 0.15) is 29.8 Å². The van der Waals surface area contributed by atoms with Crippen molar-refractivity contribution in [3.05, 3.63) is 39.4 Å². The van der Waals surface area contributed by atoms with Crippen molar-refractivity contribution < 1.29 is 9.72 Å². The molecule has 0 saturated heterocycles. The molecular formula is C13H17ClN2O3. The number of hydrogen-bond acceptors (Lipinski definition) is 3. The van der Waals surface area contributed by atoms with E-state index < -0.39 is 4.92 Å². The third kappa shape index (κ3) is 3.92. The van der Waals surface area contributed by atoms with Gasteiger partial charge in [0.2, 0.25) is 0 Å². The Hall–Kier alpha value is -1.62. The number of carbonyl (C=O) groups excluding carboxylic acids is 1. The van der Waals surface area contributed by atoms with Crippen LogP contribution in [0.4, 0.5) is 5.69 Å². The summed E-state index contributed by atoms with van der Waals surface area (Å²) < 4.78 is 0. The van der Waals surface area contributed by atoms with Crippen LogP contribution in [0.5, 0.6) is 0 Å². The van der Waals surface area contributed by atoms with E-state index in [-0.39, 0.29) is 23.6 Å². The molecule has 2 atom stereocenters. The Kier molecular flexibility index (Phi) is 5.30. The van der Waals surface area contributed by atoms with Gasteiger partial charge in [-0.2, -0.15) is 0 Å². The maximum Gasteiger partial charge on any atom is 0.269 e. The number of aryl methyl sites for hydroxylation is 1. The van der Waals surface area contributed by atoms with Crippen molar-refractivity contribution >= 4 is 23.2 Å². The molecule has 6 heteroatoms. The first-order chi connectivity index (χ1) is 8.86. The molecule has 1 N–H and O–H groups in total. The largest absolute Gasteiger partial charge is 0.349 e. The van der Waals surface area contributed by atoms with Crippen LogP contribution in [-0.2, 0) is 0 Å². The van der Waals surface area contributed by atoms with Crippen LogP contribution in [0.2, 0.25) is 0 Å². The van der Waals surface area contributed by atoms with Crippen molar-refractivity contribution in [2.24, 2.45) is 5.92 Å². The average molecular weight is 285 g/mol. The second kappa shape index (κ2) is 6.52. The molecule has 104 valence electrons. The van der Waals surface area contributed by atoms with E-state index in [9.17, 15) is 14.9 Å². The quantitative estimate of drug-likeness (QED) is 0.513. The van der Waals surface area contributed by atoms with Gasteiger partial charge in [-0.15, -0.1) is 11.6 Å². The van der Waals surface area contributed by atoms with E-state index >= 15 is 0 Å². The highest BCUT2D eigenvalue weighted by molar-refractivity contribution is 6.18. The number of nitrogens with one attached hydrogen (secondary N) is 1. The smallest absolute Gasteiger partial charge is 0.269 e. The number of nitrogens with zero attached hydrogens (tertiary/aromatic N) is 1. The van der Waals surface area contributed by atoms with Gasteiger partial charge in [-0.3, -0.25) is 14.9 Å². The lowest BCUT2D eigenvalue weighted by molar-refractivity contribution is -0.384. The molecule has 0 spiro atoms. The van der Waals surface area contributed by atoms with Gasteiger partial charge in [-0.05, 0) is 31.4 Å². The van der Waals surface area contributed by atoms with Crippen molar-refractivity contribution in [3.63, 3.8) is 0 Å². The first kappa shape index (κ1) is 15.4. The predicted molar refractivity (Wildman–Crippen MR) is 74.6 cm³/mol. The maximum absolute atomic E-state index is 12.1. The summed E-state index contributed by atoms with van der Waals surface area (Å²) >= 11 is 5.74. The topological polar surface area (TPSA) is 72.2 Å². The van der Waals surface area contributed by atoms with Crippen molar-refractivity contribution in [1.82, 2.24) is 5.32 Å². The lowest BCUT2D eigenvalue weighted by atomic mass is 10.0. The van der Waals surface area contributed by atoms with Gasteiger partial charge in [-0.25, -0.2) is 0 Å². The van der Waals surface area contributed by atoms with Gasteiger partial charge >= 0.3 is 0 Å². The van der Waals surface area contributed by atoms with E-state index in [1.54, 1.807) is 6.92 Å². The Morgan fingerprint density at radius 1 is 1.47 bits per heavy atom. The third-order valence-corrected chi connectivity index (χ3v) is 3.61. The van der Waals surface area contributed by atoms with Crippen LogP contribution in [0.25, 0.3) is 0 Å². The summed E-state index contributed by atoms with van der Waals surface area (Å²) in [5, 5.41) is 13.5. The molecule has 0 saturated carbocycles. The zero-order valence-corrected chi connectivity index (χ0v) is 11.9. The van der Waals surface area contributed by atoms with Gasteiger partial charge in [0.15, 0.2) is 0 Å². The standard InChI is InChI=1S/C13H17ClN2O3/c1-8-6-11(16(18)19)4-5-12(8)13(17)15-10(3)9(2)7-14/h4-6,9-10H,7H2,1-3H3,(H,15,17). The van der Waals surface area contributed by atoms with Gasteiger partial charge in [0.1, 0.15) is 0 Å². The highest BCUT2D eigenvalue weighted by Crippen LogP contribution is 2.17. The molecule has 2 unspecified atom stereocenters. The van der Waals surface area contributed by atoms with Crippen molar-refractivity contribution in [2.75, 3.05) is 5.88 Å². The first-order valence-corrected chi connectivity index (χ1v) is 6.52. The van der Waals surface area contributed by atoms with Crippen LogP contribution in [-0.4, -0.2) is 22.8 Å². The van der Waals surface area contributed by atoms with E-state index in [0.29, 0.717) is 17.0 Å². The fraction of sp³-hybridized carbons (Fsp3) is 0.462. The molecule has 1 rings (SSSR count). The maximum atomic E-state index is 12.1. The lowest BCUT2D eigenvalue weighted by Gasteiger charge is -2.19. The van der Waals surface area contributed by atoms with Crippen molar-refractivity contribution in [1.29, 1.82) is 0 Å². The highest BCUT2D eigenvalue weighted by atomic mass is 35.5. The summed E-state index contributed by atoms with van der Waals surface area (Å²) in [7, 11) is 0. The van der Waals surface area contributed by atoms with Crippen LogP contribution in [0.15, 0.2) is 18.2 Å². The van der Waals surface area contributed by atoms with Gasteiger partial charge in [0, 0.05) is 29.6 Å². The molecule has 5 nitrogen and oxygen atoms in total. The van der Waals surface area contributed by atoms with Crippen LogP contribution >= 0.6 is 11.6 Å². The second-order valence-corrected chi connectivity index (χ2v) is 4.96. The molecule has 1 amide bonds. The van der Waals surface area contributed by atoms with Gasteiger partial charge < -0.3 is 5.32 Å². The second-order valence-electron chi connectivity index (χ2n) is 4.65. The average Bonchev–Trinajstić information content (AvgIpc) is 2.37. The fourth-order valence-electron chi connectivity index (χ4n) is 1.58. The monoisotopic (exact) mass is 284 g/mol. The van der Waals surface area contributed by atoms with E-state index in [1.807, 2.05) is 13.8 Å². The highest BCUT2D eigenvalue weighted by Gasteiger charge is 2.17. The number of rotatable bonds is 5. The van der Waals surface area contributed by atoms with Gasteiger partial charge in [-0.1, -0.05) is 6.92 Å². The Morgan fingerprint density at radius 3 is 2.58 bits per heavy atom.